The zero-order chi connectivity index (χ0) is 15.3. The third kappa shape index (κ3) is 5.00. The summed E-state index contributed by atoms with van der Waals surface area (Å²) in [5, 5.41) is 3.47. The maximum absolute atomic E-state index is 3.74. The van der Waals surface area contributed by atoms with Crippen molar-refractivity contribution < 1.29 is 0 Å². The van der Waals surface area contributed by atoms with E-state index >= 15 is 0 Å². The van der Waals surface area contributed by atoms with E-state index in [1.165, 1.54) is 54.5 Å². The highest BCUT2D eigenvalue weighted by Gasteiger charge is 2.23. The molecule has 0 radical (unpaired) electrons. The first-order valence-corrected chi connectivity index (χ1v) is 9.05. The third-order valence-corrected chi connectivity index (χ3v) is 5.22. The second kappa shape index (κ2) is 7.64. The van der Waals surface area contributed by atoms with E-state index in [1.807, 2.05) is 0 Å². The van der Waals surface area contributed by atoms with Gasteiger partial charge in [0, 0.05) is 29.8 Å². The summed E-state index contributed by atoms with van der Waals surface area (Å²) in [5.74, 6) is 0. The molecule has 1 aromatic rings. The Kier molecular flexibility index (Phi) is 6.12. The van der Waals surface area contributed by atoms with Gasteiger partial charge >= 0.3 is 0 Å². The Morgan fingerprint density at radius 1 is 1.24 bits per heavy atom. The highest BCUT2D eigenvalue weighted by molar-refractivity contribution is 9.10. The molecule has 1 aliphatic heterocycles. The summed E-state index contributed by atoms with van der Waals surface area (Å²) in [6.45, 7) is 11.4. The van der Waals surface area contributed by atoms with Gasteiger partial charge in [-0.05, 0) is 55.3 Å². The van der Waals surface area contributed by atoms with Crippen LogP contribution >= 0.6 is 15.9 Å². The molecule has 1 aliphatic rings. The van der Waals surface area contributed by atoms with E-state index in [9.17, 15) is 0 Å². The number of nitrogens with one attached hydrogen (secondary N) is 1. The van der Waals surface area contributed by atoms with Crippen LogP contribution in [-0.2, 0) is 6.54 Å². The molecule has 1 heterocycles. The standard InChI is InChI=1S/C18H29BrN2/c1-4-10-20-14-15-6-7-16(13-17(15)19)21-11-5-8-18(2,3)9-12-21/h6-7,13,20H,4-5,8-12,14H2,1-3H3. The van der Waals surface area contributed by atoms with E-state index in [2.05, 4.69) is 65.1 Å². The van der Waals surface area contributed by atoms with Crippen LogP contribution in [0.15, 0.2) is 22.7 Å². The molecule has 2 nitrogen and oxygen atoms in total. The van der Waals surface area contributed by atoms with Crippen LogP contribution in [0, 0.1) is 5.41 Å². The molecule has 0 spiro atoms. The van der Waals surface area contributed by atoms with Gasteiger partial charge in [0.2, 0.25) is 0 Å². The monoisotopic (exact) mass is 352 g/mol. The van der Waals surface area contributed by atoms with Gasteiger partial charge in [-0.15, -0.1) is 0 Å². The molecule has 0 atom stereocenters. The predicted molar refractivity (Wildman–Crippen MR) is 96.0 cm³/mol. The number of nitrogens with zero attached hydrogens (tertiary/aromatic N) is 1. The highest BCUT2D eigenvalue weighted by atomic mass is 79.9. The van der Waals surface area contributed by atoms with Gasteiger partial charge in [-0.3, -0.25) is 0 Å². The van der Waals surface area contributed by atoms with Gasteiger partial charge < -0.3 is 10.2 Å². The van der Waals surface area contributed by atoms with E-state index in [0.29, 0.717) is 5.41 Å². The zero-order valence-corrected chi connectivity index (χ0v) is 15.3. The van der Waals surface area contributed by atoms with Crippen LogP contribution < -0.4 is 10.2 Å². The Balaban J connectivity index is 2.02. The minimum atomic E-state index is 0.496. The molecule has 0 saturated carbocycles. The molecule has 1 saturated heterocycles. The van der Waals surface area contributed by atoms with E-state index < -0.39 is 0 Å². The molecule has 1 fully saturated rings. The first kappa shape index (κ1) is 16.8. The molecule has 1 aromatic carbocycles. The van der Waals surface area contributed by atoms with E-state index in [0.717, 1.165) is 13.1 Å². The lowest BCUT2D eigenvalue weighted by Gasteiger charge is -2.25. The number of rotatable bonds is 5. The summed E-state index contributed by atoms with van der Waals surface area (Å²) in [7, 11) is 0. The number of halogens is 1. The smallest absolute Gasteiger partial charge is 0.0377 e. The molecule has 2 rings (SSSR count). The van der Waals surface area contributed by atoms with Crippen molar-refractivity contribution in [1.82, 2.24) is 5.32 Å². The van der Waals surface area contributed by atoms with Crippen LogP contribution in [0.1, 0.15) is 52.0 Å². The molecular formula is C18H29BrN2. The maximum atomic E-state index is 3.74. The van der Waals surface area contributed by atoms with Crippen molar-refractivity contribution in [3.8, 4) is 0 Å². The number of hydrogen-bond donors (Lipinski definition) is 1. The quantitative estimate of drug-likeness (QED) is 0.752. The molecule has 21 heavy (non-hydrogen) atoms. The number of hydrogen-bond acceptors (Lipinski definition) is 2. The second-order valence-corrected chi connectivity index (χ2v) is 7.81. The maximum Gasteiger partial charge on any atom is 0.0377 e. The summed E-state index contributed by atoms with van der Waals surface area (Å²) in [6, 6.07) is 6.84. The van der Waals surface area contributed by atoms with E-state index in [-0.39, 0.29) is 0 Å². The summed E-state index contributed by atoms with van der Waals surface area (Å²) in [4.78, 5) is 2.54. The van der Waals surface area contributed by atoms with Gasteiger partial charge in [-0.1, -0.05) is 42.8 Å². The lowest BCUT2D eigenvalue weighted by Crippen LogP contribution is -2.25. The van der Waals surface area contributed by atoms with Crippen molar-refractivity contribution in [1.29, 1.82) is 0 Å². The lowest BCUT2D eigenvalue weighted by atomic mass is 9.85. The van der Waals surface area contributed by atoms with E-state index in [4.69, 9.17) is 0 Å². The van der Waals surface area contributed by atoms with Gasteiger partial charge in [0.1, 0.15) is 0 Å². The van der Waals surface area contributed by atoms with Crippen molar-refractivity contribution in [2.75, 3.05) is 24.5 Å². The van der Waals surface area contributed by atoms with Crippen LogP contribution in [0.2, 0.25) is 0 Å². The Bertz CT molecular complexity index is 457. The van der Waals surface area contributed by atoms with Crippen molar-refractivity contribution in [2.24, 2.45) is 5.41 Å². The molecule has 118 valence electrons. The van der Waals surface area contributed by atoms with Gasteiger partial charge in [0.15, 0.2) is 0 Å². The Morgan fingerprint density at radius 3 is 2.76 bits per heavy atom. The summed E-state index contributed by atoms with van der Waals surface area (Å²) < 4.78 is 1.23. The van der Waals surface area contributed by atoms with Crippen molar-refractivity contribution in [2.45, 2.75) is 53.0 Å². The van der Waals surface area contributed by atoms with Gasteiger partial charge in [0.25, 0.3) is 0 Å². The SMILES string of the molecule is CCCNCc1ccc(N2CCCC(C)(C)CC2)cc1Br. The summed E-state index contributed by atoms with van der Waals surface area (Å²) in [5.41, 5.74) is 3.21. The molecule has 0 bridgehead atoms. The average molecular weight is 353 g/mol. The lowest BCUT2D eigenvalue weighted by molar-refractivity contribution is 0.325. The van der Waals surface area contributed by atoms with Gasteiger partial charge in [-0.25, -0.2) is 0 Å². The fourth-order valence-electron chi connectivity index (χ4n) is 2.96. The average Bonchev–Trinajstić information content (AvgIpc) is 2.62. The second-order valence-electron chi connectivity index (χ2n) is 6.96. The van der Waals surface area contributed by atoms with Crippen molar-refractivity contribution in [3.05, 3.63) is 28.2 Å². The number of anilines is 1. The van der Waals surface area contributed by atoms with Crippen LogP contribution in [0.4, 0.5) is 5.69 Å². The first-order chi connectivity index (χ1) is 10.0. The Hall–Kier alpha value is -0.540. The van der Waals surface area contributed by atoms with Gasteiger partial charge in [0.05, 0.1) is 0 Å². The minimum Gasteiger partial charge on any atom is -0.371 e. The van der Waals surface area contributed by atoms with Crippen LogP contribution in [0.25, 0.3) is 0 Å². The Labute approximate surface area is 138 Å². The Morgan fingerprint density at radius 2 is 2.05 bits per heavy atom. The van der Waals surface area contributed by atoms with Crippen LogP contribution in [-0.4, -0.2) is 19.6 Å². The van der Waals surface area contributed by atoms with Crippen LogP contribution in [0.5, 0.6) is 0 Å². The molecule has 0 aliphatic carbocycles. The summed E-state index contributed by atoms with van der Waals surface area (Å²) >= 11 is 3.74. The summed E-state index contributed by atoms with van der Waals surface area (Å²) in [6.07, 6.45) is 5.10. The largest absolute Gasteiger partial charge is 0.371 e. The third-order valence-electron chi connectivity index (χ3n) is 4.48. The first-order valence-electron chi connectivity index (χ1n) is 8.26. The fourth-order valence-corrected chi connectivity index (χ4v) is 3.46. The predicted octanol–water partition coefficient (Wildman–Crippen LogP) is 4.97. The minimum absolute atomic E-state index is 0.496. The van der Waals surface area contributed by atoms with E-state index in [1.54, 1.807) is 0 Å². The molecule has 0 aromatic heterocycles. The molecule has 1 N–H and O–H groups in total. The molecular weight excluding hydrogens is 324 g/mol. The zero-order valence-electron chi connectivity index (χ0n) is 13.7. The fraction of sp³-hybridized carbons (Fsp3) is 0.667. The van der Waals surface area contributed by atoms with Crippen molar-refractivity contribution >= 4 is 21.6 Å². The molecule has 0 unspecified atom stereocenters. The van der Waals surface area contributed by atoms with Crippen LogP contribution in [0.3, 0.4) is 0 Å². The normalized spacial score (nSPS) is 18.6. The van der Waals surface area contributed by atoms with Crippen molar-refractivity contribution in [3.63, 3.8) is 0 Å². The molecule has 0 amide bonds. The molecule has 3 heteroatoms. The number of benzene rings is 1. The highest BCUT2D eigenvalue weighted by Crippen LogP contribution is 2.32. The van der Waals surface area contributed by atoms with Gasteiger partial charge in [-0.2, -0.15) is 0 Å². The topological polar surface area (TPSA) is 15.3 Å².